The second kappa shape index (κ2) is 9.26. The Labute approximate surface area is 176 Å². The Morgan fingerprint density at radius 1 is 1.10 bits per heavy atom. The fraction of sp³-hybridized carbons (Fsp3) is 0.261. The van der Waals surface area contributed by atoms with Crippen molar-refractivity contribution in [2.45, 2.75) is 19.5 Å². The number of nitrogens with one attached hydrogen (secondary N) is 2. The monoisotopic (exact) mass is 401 g/mol. The van der Waals surface area contributed by atoms with Gasteiger partial charge in [-0.05, 0) is 24.1 Å². The van der Waals surface area contributed by atoms with Crippen LogP contribution in [0.5, 0.6) is 0 Å². The van der Waals surface area contributed by atoms with Gasteiger partial charge < -0.3 is 19.8 Å². The van der Waals surface area contributed by atoms with Crippen LogP contribution in [-0.2, 0) is 13.1 Å². The molecule has 0 bridgehead atoms. The lowest BCUT2D eigenvalue weighted by atomic mass is 10.2. The van der Waals surface area contributed by atoms with E-state index in [2.05, 4.69) is 52.9 Å². The third kappa shape index (κ3) is 4.51. The predicted molar refractivity (Wildman–Crippen MR) is 121 cm³/mol. The summed E-state index contributed by atoms with van der Waals surface area (Å²) >= 11 is 0. The van der Waals surface area contributed by atoms with Crippen molar-refractivity contribution in [3.8, 4) is 11.3 Å². The van der Waals surface area contributed by atoms with Crippen LogP contribution in [0.25, 0.3) is 22.3 Å². The number of aromatic amines is 1. The van der Waals surface area contributed by atoms with E-state index in [1.165, 1.54) is 5.52 Å². The van der Waals surface area contributed by atoms with Crippen LogP contribution in [0, 0.1) is 0 Å². The molecule has 0 amide bonds. The van der Waals surface area contributed by atoms with E-state index in [4.69, 9.17) is 0 Å². The van der Waals surface area contributed by atoms with E-state index in [-0.39, 0.29) is 0 Å². The maximum Gasteiger partial charge on any atom is 0.193 e. The average molecular weight is 402 g/mol. The number of imidazole rings is 2. The Morgan fingerprint density at radius 3 is 2.73 bits per heavy atom. The smallest absolute Gasteiger partial charge is 0.193 e. The fourth-order valence-corrected chi connectivity index (χ4v) is 3.53. The maximum atomic E-state index is 4.52. The number of rotatable bonds is 7. The van der Waals surface area contributed by atoms with Crippen LogP contribution < -0.4 is 5.32 Å². The van der Waals surface area contributed by atoms with Crippen LogP contribution in [0.3, 0.4) is 0 Å². The third-order valence-corrected chi connectivity index (χ3v) is 5.06. The zero-order valence-corrected chi connectivity index (χ0v) is 17.4. The second-order valence-corrected chi connectivity index (χ2v) is 7.22. The minimum atomic E-state index is 0.651. The Morgan fingerprint density at radius 2 is 1.90 bits per heavy atom. The molecule has 2 aromatic carbocycles. The van der Waals surface area contributed by atoms with Gasteiger partial charge in [-0.3, -0.25) is 4.99 Å². The number of fused-ring (bicyclic) bond motifs is 1. The van der Waals surface area contributed by atoms with Crippen LogP contribution in [0.4, 0.5) is 0 Å². The molecule has 4 aromatic rings. The molecule has 2 N–H and O–H groups in total. The van der Waals surface area contributed by atoms with Crippen LogP contribution in [0.2, 0.25) is 0 Å². The van der Waals surface area contributed by atoms with E-state index in [1.807, 2.05) is 56.0 Å². The number of guanidine groups is 1. The molecule has 0 saturated carbocycles. The van der Waals surface area contributed by atoms with E-state index < -0.39 is 0 Å². The number of benzene rings is 2. The first-order valence-corrected chi connectivity index (χ1v) is 10.2. The number of H-pyrrole nitrogens is 1. The third-order valence-electron chi connectivity index (χ3n) is 5.06. The summed E-state index contributed by atoms with van der Waals surface area (Å²) in [7, 11) is 3.82. The zero-order chi connectivity index (χ0) is 20.8. The highest BCUT2D eigenvalue weighted by Crippen LogP contribution is 2.16. The highest BCUT2D eigenvalue weighted by atomic mass is 15.3. The lowest BCUT2D eigenvalue weighted by Crippen LogP contribution is -2.39. The number of hydrogen-bond acceptors (Lipinski definition) is 3. The first-order chi connectivity index (χ1) is 14.7. The largest absolute Gasteiger partial charge is 0.356 e. The molecule has 0 aliphatic carbocycles. The summed E-state index contributed by atoms with van der Waals surface area (Å²) in [6.45, 7) is 2.39. The molecular weight excluding hydrogens is 374 g/mol. The fourth-order valence-electron chi connectivity index (χ4n) is 3.53. The molecule has 0 unspecified atom stereocenters. The lowest BCUT2D eigenvalue weighted by Gasteiger charge is -2.21. The maximum absolute atomic E-state index is 4.52. The second-order valence-electron chi connectivity index (χ2n) is 7.22. The molecule has 0 aliphatic rings. The first kappa shape index (κ1) is 19.7. The average Bonchev–Trinajstić information content (AvgIpc) is 3.41. The van der Waals surface area contributed by atoms with Crippen LogP contribution in [-0.4, -0.2) is 51.0 Å². The SMILES string of the molecule is CN=C(NCCCn1cnc2ccccc21)N(C)Cc1ncc(-c2ccccc2)[nH]1. The molecule has 4 rings (SSSR count). The molecule has 2 heterocycles. The van der Waals surface area contributed by atoms with Crippen molar-refractivity contribution in [1.82, 2.24) is 29.7 Å². The number of aryl methyl sites for hydroxylation is 1. The van der Waals surface area contributed by atoms with Gasteiger partial charge in [-0.1, -0.05) is 42.5 Å². The van der Waals surface area contributed by atoms with Gasteiger partial charge >= 0.3 is 0 Å². The molecule has 0 radical (unpaired) electrons. The molecule has 0 spiro atoms. The van der Waals surface area contributed by atoms with E-state index >= 15 is 0 Å². The van der Waals surface area contributed by atoms with Gasteiger partial charge in [-0.2, -0.15) is 0 Å². The Bertz CT molecular complexity index is 1110. The van der Waals surface area contributed by atoms with Crippen LogP contribution in [0.1, 0.15) is 12.2 Å². The van der Waals surface area contributed by atoms with Gasteiger partial charge in [0.1, 0.15) is 5.82 Å². The van der Waals surface area contributed by atoms with Gasteiger partial charge in [0, 0.05) is 27.2 Å². The minimum absolute atomic E-state index is 0.651. The van der Waals surface area contributed by atoms with E-state index in [0.29, 0.717) is 6.54 Å². The van der Waals surface area contributed by atoms with Crippen molar-refractivity contribution in [3.05, 3.63) is 72.9 Å². The molecule has 7 heteroatoms. The van der Waals surface area contributed by atoms with Crippen molar-refractivity contribution >= 4 is 17.0 Å². The zero-order valence-electron chi connectivity index (χ0n) is 17.4. The van der Waals surface area contributed by atoms with Crippen LogP contribution >= 0.6 is 0 Å². The number of aromatic nitrogens is 4. The number of aliphatic imine (C=N–C) groups is 1. The summed E-state index contributed by atoms with van der Waals surface area (Å²) < 4.78 is 2.19. The summed E-state index contributed by atoms with van der Waals surface area (Å²) in [5.74, 6) is 1.76. The van der Waals surface area contributed by atoms with Gasteiger partial charge in [-0.15, -0.1) is 0 Å². The Balaban J connectivity index is 1.28. The first-order valence-electron chi connectivity index (χ1n) is 10.2. The molecule has 154 valence electrons. The van der Waals surface area contributed by atoms with E-state index in [9.17, 15) is 0 Å². The standard InChI is InChI=1S/C23H27N7/c1-24-23(25-13-8-14-30-17-27-19-11-6-7-12-21(19)30)29(2)16-22-26-15-20(28-22)18-9-4-3-5-10-18/h3-7,9-12,15,17H,8,13-14,16H2,1-2H3,(H,24,25)(H,26,28). The quantitative estimate of drug-likeness (QED) is 0.282. The highest BCUT2D eigenvalue weighted by Gasteiger charge is 2.10. The summed E-state index contributed by atoms with van der Waals surface area (Å²) in [5, 5.41) is 3.44. The molecule has 0 saturated heterocycles. The van der Waals surface area contributed by atoms with E-state index in [1.54, 1.807) is 7.05 Å². The van der Waals surface area contributed by atoms with Crippen molar-refractivity contribution in [2.24, 2.45) is 4.99 Å². The number of hydrogen-bond donors (Lipinski definition) is 2. The molecule has 0 atom stereocenters. The Kier molecular flexibility index (Phi) is 6.08. The summed E-state index contributed by atoms with van der Waals surface area (Å²) in [5.41, 5.74) is 4.36. The minimum Gasteiger partial charge on any atom is -0.356 e. The Hall–Kier alpha value is -3.61. The summed E-state index contributed by atoms with van der Waals surface area (Å²) in [4.78, 5) is 18.8. The highest BCUT2D eigenvalue weighted by molar-refractivity contribution is 5.79. The molecule has 7 nitrogen and oxygen atoms in total. The molecule has 0 fully saturated rings. The van der Waals surface area contributed by atoms with Gasteiger partial charge in [0.25, 0.3) is 0 Å². The van der Waals surface area contributed by atoms with E-state index in [0.717, 1.165) is 48.1 Å². The molecule has 2 aromatic heterocycles. The summed E-state index contributed by atoms with van der Waals surface area (Å²) in [6, 6.07) is 18.4. The van der Waals surface area contributed by atoms with Crippen molar-refractivity contribution in [2.75, 3.05) is 20.6 Å². The summed E-state index contributed by atoms with van der Waals surface area (Å²) in [6.07, 6.45) is 4.77. The van der Waals surface area contributed by atoms with Gasteiger partial charge in [-0.25, -0.2) is 9.97 Å². The van der Waals surface area contributed by atoms with Crippen molar-refractivity contribution in [1.29, 1.82) is 0 Å². The number of nitrogens with zero attached hydrogens (tertiary/aromatic N) is 5. The number of para-hydroxylation sites is 2. The van der Waals surface area contributed by atoms with Gasteiger partial charge in [0.15, 0.2) is 5.96 Å². The topological polar surface area (TPSA) is 74.1 Å². The van der Waals surface area contributed by atoms with Gasteiger partial charge in [0.2, 0.25) is 0 Å². The molecule has 30 heavy (non-hydrogen) atoms. The molecular formula is C23H27N7. The van der Waals surface area contributed by atoms with Crippen molar-refractivity contribution < 1.29 is 0 Å². The predicted octanol–water partition coefficient (Wildman–Crippen LogP) is 3.52. The normalized spacial score (nSPS) is 11.7. The van der Waals surface area contributed by atoms with Gasteiger partial charge in [0.05, 0.1) is 35.8 Å². The molecule has 0 aliphatic heterocycles. The van der Waals surface area contributed by atoms with Crippen molar-refractivity contribution in [3.63, 3.8) is 0 Å². The van der Waals surface area contributed by atoms with Crippen LogP contribution in [0.15, 0.2) is 72.1 Å². The lowest BCUT2D eigenvalue weighted by molar-refractivity contribution is 0.461.